The van der Waals surface area contributed by atoms with Crippen LogP contribution >= 0.6 is 0 Å². The summed E-state index contributed by atoms with van der Waals surface area (Å²) in [5.74, 6) is 0.226. The van der Waals surface area contributed by atoms with Crippen LogP contribution in [0, 0.1) is 5.92 Å². The zero-order valence-corrected chi connectivity index (χ0v) is 9.17. The first-order valence-electron chi connectivity index (χ1n) is 4.97. The van der Waals surface area contributed by atoms with Crippen molar-refractivity contribution in [1.29, 1.82) is 0 Å². The molecule has 1 aliphatic carbocycles. The van der Waals surface area contributed by atoms with Crippen LogP contribution in [0.1, 0.15) is 33.6 Å². The highest BCUT2D eigenvalue weighted by atomic mass is 16.6. The topological polar surface area (TPSA) is 26.3 Å². The second-order valence-corrected chi connectivity index (χ2v) is 4.26. The van der Waals surface area contributed by atoms with E-state index in [-0.39, 0.29) is 5.97 Å². The summed E-state index contributed by atoms with van der Waals surface area (Å²) in [7, 11) is 0. The van der Waals surface area contributed by atoms with E-state index < -0.39 is 5.60 Å². The van der Waals surface area contributed by atoms with Gasteiger partial charge in [-0.2, -0.15) is 0 Å². The molecule has 0 spiro atoms. The maximum Gasteiger partial charge on any atom is 0.303 e. The molecule has 0 aromatic rings. The molecule has 0 saturated heterocycles. The Labute approximate surface area is 85.6 Å². The van der Waals surface area contributed by atoms with Crippen molar-refractivity contribution < 1.29 is 9.53 Å². The molecule has 0 radical (unpaired) electrons. The standard InChI is InChI=1S/C12H18O2/c1-9(2)11-5-7-12(4,8-6-11)14-10(3)13/h5,7,11H,1,6,8H2,2-4H3/t11-,12?/m0/s1. The van der Waals surface area contributed by atoms with E-state index in [0.717, 1.165) is 12.8 Å². The van der Waals surface area contributed by atoms with Gasteiger partial charge in [-0.25, -0.2) is 0 Å². The number of ether oxygens (including phenoxy) is 1. The molecular weight excluding hydrogens is 176 g/mol. The lowest BCUT2D eigenvalue weighted by atomic mass is 9.83. The Morgan fingerprint density at radius 3 is 2.57 bits per heavy atom. The van der Waals surface area contributed by atoms with Gasteiger partial charge in [-0.1, -0.05) is 18.2 Å². The zero-order chi connectivity index (χ0) is 10.8. The monoisotopic (exact) mass is 194 g/mol. The van der Waals surface area contributed by atoms with E-state index in [1.807, 2.05) is 19.9 Å². The Kier molecular flexibility index (Phi) is 3.14. The van der Waals surface area contributed by atoms with Crippen LogP contribution in [0.2, 0.25) is 0 Å². The van der Waals surface area contributed by atoms with Crippen molar-refractivity contribution in [2.45, 2.75) is 39.2 Å². The molecule has 1 unspecified atom stereocenters. The molecular formula is C12H18O2. The van der Waals surface area contributed by atoms with E-state index in [4.69, 9.17) is 4.74 Å². The fraction of sp³-hybridized carbons (Fsp3) is 0.583. The predicted octanol–water partition coefficient (Wildman–Crippen LogP) is 2.85. The molecule has 0 amide bonds. The molecule has 14 heavy (non-hydrogen) atoms. The molecule has 2 atom stereocenters. The fourth-order valence-corrected chi connectivity index (χ4v) is 1.77. The molecule has 0 bridgehead atoms. The smallest absolute Gasteiger partial charge is 0.303 e. The first kappa shape index (κ1) is 11.0. The SMILES string of the molecule is C=C(C)[C@H]1C=CC(C)(OC(C)=O)CC1. The van der Waals surface area contributed by atoms with Crippen LogP contribution in [0.4, 0.5) is 0 Å². The third-order valence-electron chi connectivity index (χ3n) is 2.64. The van der Waals surface area contributed by atoms with Gasteiger partial charge in [0.15, 0.2) is 0 Å². The van der Waals surface area contributed by atoms with E-state index in [1.54, 1.807) is 0 Å². The molecule has 1 aliphatic rings. The lowest BCUT2D eigenvalue weighted by molar-refractivity contribution is -0.151. The first-order valence-corrected chi connectivity index (χ1v) is 4.97. The van der Waals surface area contributed by atoms with Crippen LogP contribution in [0.3, 0.4) is 0 Å². The average molecular weight is 194 g/mol. The molecule has 0 heterocycles. The molecule has 0 N–H and O–H groups in total. The van der Waals surface area contributed by atoms with E-state index in [1.165, 1.54) is 12.5 Å². The number of allylic oxidation sites excluding steroid dienone is 2. The van der Waals surface area contributed by atoms with E-state index >= 15 is 0 Å². The molecule has 0 fully saturated rings. The minimum atomic E-state index is -0.405. The van der Waals surface area contributed by atoms with Gasteiger partial charge in [-0.3, -0.25) is 4.79 Å². The summed E-state index contributed by atoms with van der Waals surface area (Å²) < 4.78 is 5.25. The van der Waals surface area contributed by atoms with Gasteiger partial charge in [-0.15, -0.1) is 0 Å². The maximum atomic E-state index is 10.9. The van der Waals surface area contributed by atoms with Gasteiger partial charge in [-0.05, 0) is 38.7 Å². The lowest BCUT2D eigenvalue weighted by Gasteiger charge is -2.31. The highest BCUT2D eigenvalue weighted by Crippen LogP contribution is 2.31. The Morgan fingerprint density at radius 1 is 1.57 bits per heavy atom. The van der Waals surface area contributed by atoms with E-state index in [9.17, 15) is 4.79 Å². The fourth-order valence-electron chi connectivity index (χ4n) is 1.77. The van der Waals surface area contributed by atoms with E-state index in [0.29, 0.717) is 5.92 Å². The average Bonchev–Trinajstić information content (AvgIpc) is 2.02. The van der Waals surface area contributed by atoms with Crippen molar-refractivity contribution in [2.24, 2.45) is 5.92 Å². The third kappa shape index (κ3) is 2.72. The van der Waals surface area contributed by atoms with Crippen LogP contribution in [0.25, 0.3) is 0 Å². The van der Waals surface area contributed by atoms with Crippen LogP contribution in [-0.2, 0) is 9.53 Å². The summed E-state index contributed by atoms with van der Waals surface area (Å²) in [6.07, 6.45) is 5.96. The Balaban J connectivity index is 2.66. The highest BCUT2D eigenvalue weighted by Gasteiger charge is 2.29. The van der Waals surface area contributed by atoms with Crippen molar-refractivity contribution in [3.63, 3.8) is 0 Å². The molecule has 2 nitrogen and oxygen atoms in total. The van der Waals surface area contributed by atoms with Gasteiger partial charge in [0.25, 0.3) is 0 Å². The number of hydrogen-bond donors (Lipinski definition) is 0. The predicted molar refractivity (Wildman–Crippen MR) is 56.8 cm³/mol. The minimum absolute atomic E-state index is 0.217. The number of rotatable bonds is 2. The molecule has 78 valence electrons. The van der Waals surface area contributed by atoms with Gasteiger partial charge in [0, 0.05) is 6.92 Å². The molecule has 0 aromatic heterocycles. The molecule has 2 heteroatoms. The van der Waals surface area contributed by atoms with Crippen LogP contribution < -0.4 is 0 Å². The highest BCUT2D eigenvalue weighted by molar-refractivity contribution is 5.66. The lowest BCUT2D eigenvalue weighted by Crippen LogP contribution is -2.31. The Hall–Kier alpha value is -1.05. The number of carbonyl (C=O) groups excluding carboxylic acids is 1. The van der Waals surface area contributed by atoms with Crippen LogP contribution in [0.5, 0.6) is 0 Å². The second kappa shape index (κ2) is 3.99. The second-order valence-electron chi connectivity index (χ2n) is 4.26. The van der Waals surface area contributed by atoms with Crippen molar-refractivity contribution in [2.75, 3.05) is 0 Å². The van der Waals surface area contributed by atoms with Gasteiger partial charge in [0.1, 0.15) is 5.60 Å². The number of hydrogen-bond acceptors (Lipinski definition) is 2. The summed E-state index contributed by atoms with van der Waals surface area (Å²) in [5.41, 5.74) is 0.767. The van der Waals surface area contributed by atoms with Crippen molar-refractivity contribution in [3.05, 3.63) is 24.3 Å². The summed E-state index contributed by atoms with van der Waals surface area (Å²) in [6.45, 7) is 9.35. The van der Waals surface area contributed by atoms with Crippen molar-refractivity contribution >= 4 is 5.97 Å². The van der Waals surface area contributed by atoms with Gasteiger partial charge < -0.3 is 4.74 Å². The molecule has 0 saturated carbocycles. The number of esters is 1. The van der Waals surface area contributed by atoms with Gasteiger partial charge in [0.2, 0.25) is 0 Å². The minimum Gasteiger partial charge on any atom is -0.455 e. The summed E-state index contributed by atoms with van der Waals surface area (Å²) in [5, 5.41) is 0. The summed E-state index contributed by atoms with van der Waals surface area (Å²) >= 11 is 0. The summed E-state index contributed by atoms with van der Waals surface area (Å²) in [6, 6.07) is 0. The zero-order valence-electron chi connectivity index (χ0n) is 9.17. The Bertz CT molecular complexity index is 278. The number of carbonyl (C=O) groups is 1. The van der Waals surface area contributed by atoms with Crippen LogP contribution in [-0.4, -0.2) is 11.6 Å². The molecule has 1 rings (SSSR count). The molecule has 0 aliphatic heterocycles. The van der Waals surface area contributed by atoms with Gasteiger partial charge in [0.05, 0.1) is 0 Å². The largest absolute Gasteiger partial charge is 0.455 e. The van der Waals surface area contributed by atoms with Gasteiger partial charge >= 0.3 is 5.97 Å². The summed E-state index contributed by atoms with van der Waals surface area (Å²) in [4.78, 5) is 10.9. The Morgan fingerprint density at radius 2 is 2.21 bits per heavy atom. The van der Waals surface area contributed by atoms with E-state index in [2.05, 4.69) is 12.7 Å². The quantitative estimate of drug-likeness (QED) is 0.499. The van der Waals surface area contributed by atoms with Crippen molar-refractivity contribution in [3.8, 4) is 0 Å². The normalized spacial score (nSPS) is 31.2. The molecule has 0 aromatic carbocycles. The maximum absolute atomic E-state index is 10.9. The van der Waals surface area contributed by atoms with Crippen LogP contribution in [0.15, 0.2) is 24.3 Å². The first-order chi connectivity index (χ1) is 6.43. The third-order valence-corrected chi connectivity index (χ3v) is 2.64. The van der Waals surface area contributed by atoms with Crippen molar-refractivity contribution in [1.82, 2.24) is 0 Å².